The minimum absolute atomic E-state index is 0. The highest BCUT2D eigenvalue weighted by Gasteiger charge is 2.42. The molecule has 1 aromatic rings. The van der Waals surface area contributed by atoms with Gasteiger partial charge in [-0.3, -0.25) is 0 Å². The molecule has 1 aromatic carbocycles. The Morgan fingerprint density at radius 2 is 1.77 bits per heavy atom. The second kappa shape index (κ2) is 3.69. The summed E-state index contributed by atoms with van der Waals surface area (Å²) in [5.41, 5.74) is 8.85. The van der Waals surface area contributed by atoms with Crippen molar-refractivity contribution in [2.45, 2.75) is 25.2 Å². The van der Waals surface area contributed by atoms with Crippen LogP contribution in [0.1, 0.15) is 24.0 Å². The number of halogens is 1. The standard InChI is InChI=1S/C11H15N.ClH/c1-9-2-4-10(5-3-9)11(8-12)6-7-11;/h2-5H,6-8,12H2,1H3;1H. The maximum absolute atomic E-state index is 5.74. The van der Waals surface area contributed by atoms with Crippen LogP contribution >= 0.6 is 12.4 Å². The van der Waals surface area contributed by atoms with Gasteiger partial charge in [0.15, 0.2) is 0 Å². The Morgan fingerprint density at radius 3 is 2.15 bits per heavy atom. The van der Waals surface area contributed by atoms with Gasteiger partial charge in [0.05, 0.1) is 0 Å². The zero-order chi connectivity index (χ0) is 8.60. The van der Waals surface area contributed by atoms with E-state index in [0.29, 0.717) is 5.41 Å². The third-order valence-electron chi connectivity index (χ3n) is 2.91. The quantitative estimate of drug-likeness (QED) is 0.775. The van der Waals surface area contributed by atoms with Gasteiger partial charge in [-0.05, 0) is 25.3 Å². The first-order chi connectivity index (χ1) is 5.77. The van der Waals surface area contributed by atoms with E-state index in [1.807, 2.05) is 0 Å². The highest BCUT2D eigenvalue weighted by Crippen LogP contribution is 2.46. The van der Waals surface area contributed by atoms with Crippen molar-refractivity contribution in [2.75, 3.05) is 6.54 Å². The zero-order valence-corrected chi connectivity index (χ0v) is 8.73. The van der Waals surface area contributed by atoms with Gasteiger partial charge in [-0.1, -0.05) is 29.8 Å². The molecule has 1 aliphatic rings. The minimum Gasteiger partial charge on any atom is -0.330 e. The highest BCUT2D eigenvalue weighted by molar-refractivity contribution is 5.85. The first-order valence-electron chi connectivity index (χ1n) is 4.54. The molecule has 0 radical (unpaired) electrons. The second-order valence-electron chi connectivity index (χ2n) is 3.85. The maximum atomic E-state index is 5.74. The molecule has 0 aromatic heterocycles. The van der Waals surface area contributed by atoms with E-state index in [0.717, 1.165) is 6.54 Å². The third kappa shape index (κ3) is 1.87. The van der Waals surface area contributed by atoms with Crippen LogP contribution in [0.2, 0.25) is 0 Å². The smallest absolute Gasteiger partial charge is 0.00762 e. The van der Waals surface area contributed by atoms with E-state index in [1.54, 1.807) is 0 Å². The van der Waals surface area contributed by atoms with Crippen LogP contribution in [0.4, 0.5) is 0 Å². The third-order valence-corrected chi connectivity index (χ3v) is 2.91. The van der Waals surface area contributed by atoms with Crippen molar-refractivity contribution in [3.63, 3.8) is 0 Å². The largest absolute Gasteiger partial charge is 0.330 e. The fourth-order valence-electron chi connectivity index (χ4n) is 1.67. The molecule has 1 saturated carbocycles. The number of aryl methyl sites for hydroxylation is 1. The summed E-state index contributed by atoms with van der Waals surface area (Å²) in [7, 11) is 0. The molecule has 1 nitrogen and oxygen atoms in total. The Morgan fingerprint density at radius 1 is 1.23 bits per heavy atom. The molecule has 2 N–H and O–H groups in total. The van der Waals surface area contributed by atoms with E-state index < -0.39 is 0 Å². The van der Waals surface area contributed by atoms with Crippen molar-refractivity contribution in [2.24, 2.45) is 5.73 Å². The molecule has 0 unspecified atom stereocenters. The van der Waals surface area contributed by atoms with E-state index in [1.165, 1.54) is 24.0 Å². The molecule has 0 spiro atoms. The van der Waals surface area contributed by atoms with Crippen LogP contribution < -0.4 is 5.73 Å². The van der Waals surface area contributed by atoms with Gasteiger partial charge in [-0.15, -0.1) is 12.4 Å². The second-order valence-corrected chi connectivity index (χ2v) is 3.85. The van der Waals surface area contributed by atoms with E-state index >= 15 is 0 Å². The van der Waals surface area contributed by atoms with Gasteiger partial charge in [0, 0.05) is 12.0 Å². The maximum Gasteiger partial charge on any atom is 0.00762 e. The molecular formula is C11H16ClN. The lowest BCUT2D eigenvalue weighted by Crippen LogP contribution is -2.19. The average Bonchev–Trinajstić information content (AvgIpc) is 2.86. The average molecular weight is 198 g/mol. The molecule has 0 saturated heterocycles. The van der Waals surface area contributed by atoms with Crippen molar-refractivity contribution in [3.8, 4) is 0 Å². The Hall–Kier alpha value is -0.530. The van der Waals surface area contributed by atoms with Gasteiger partial charge in [-0.2, -0.15) is 0 Å². The summed E-state index contributed by atoms with van der Waals surface area (Å²) in [5, 5.41) is 0. The van der Waals surface area contributed by atoms with Gasteiger partial charge in [0.25, 0.3) is 0 Å². The molecule has 0 amide bonds. The van der Waals surface area contributed by atoms with Crippen LogP contribution in [0.3, 0.4) is 0 Å². The topological polar surface area (TPSA) is 26.0 Å². The van der Waals surface area contributed by atoms with Crippen molar-refractivity contribution < 1.29 is 0 Å². The number of rotatable bonds is 2. The van der Waals surface area contributed by atoms with Crippen molar-refractivity contribution in [3.05, 3.63) is 35.4 Å². The summed E-state index contributed by atoms with van der Waals surface area (Å²) in [6, 6.07) is 8.78. The van der Waals surface area contributed by atoms with Crippen molar-refractivity contribution in [1.82, 2.24) is 0 Å². The molecule has 72 valence electrons. The van der Waals surface area contributed by atoms with Crippen LogP contribution in [0, 0.1) is 6.92 Å². The van der Waals surface area contributed by atoms with E-state index in [4.69, 9.17) is 5.73 Å². The van der Waals surface area contributed by atoms with Gasteiger partial charge in [0.2, 0.25) is 0 Å². The van der Waals surface area contributed by atoms with Gasteiger partial charge in [-0.25, -0.2) is 0 Å². The SMILES string of the molecule is Cc1ccc(C2(CN)CC2)cc1.Cl. The van der Waals surface area contributed by atoms with Crippen LogP contribution in [-0.4, -0.2) is 6.54 Å². The minimum atomic E-state index is 0. The van der Waals surface area contributed by atoms with Gasteiger partial charge >= 0.3 is 0 Å². The molecule has 0 bridgehead atoms. The Bertz CT molecular complexity index is 275. The summed E-state index contributed by atoms with van der Waals surface area (Å²) in [5.74, 6) is 0. The zero-order valence-electron chi connectivity index (χ0n) is 7.92. The monoisotopic (exact) mass is 197 g/mol. The molecular weight excluding hydrogens is 182 g/mol. The van der Waals surface area contributed by atoms with Gasteiger partial charge in [0.1, 0.15) is 0 Å². The molecule has 1 aliphatic carbocycles. The molecule has 2 rings (SSSR count). The predicted molar refractivity (Wildman–Crippen MR) is 58.4 cm³/mol. The summed E-state index contributed by atoms with van der Waals surface area (Å²) in [6.45, 7) is 2.92. The number of benzene rings is 1. The fourth-order valence-corrected chi connectivity index (χ4v) is 1.67. The molecule has 1 fully saturated rings. The van der Waals surface area contributed by atoms with Crippen LogP contribution in [0.25, 0.3) is 0 Å². The first-order valence-corrected chi connectivity index (χ1v) is 4.54. The summed E-state index contributed by atoms with van der Waals surface area (Å²) >= 11 is 0. The Balaban J connectivity index is 0.000000845. The lowest BCUT2D eigenvalue weighted by Gasteiger charge is -2.12. The van der Waals surface area contributed by atoms with Crippen molar-refractivity contribution in [1.29, 1.82) is 0 Å². The van der Waals surface area contributed by atoms with E-state index in [2.05, 4.69) is 31.2 Å². The summed E-state index contributed by atoms with van der Waals surface area (Å²) in [6.07, 6.45) is 2.54. The summed E-state index contributed by atoms with van der Waals surface area (Å²) < 4.78 is 0. The molecule has 0 heterocycles. The number of hydrogen-bond acceptors (Lipinski definition) is 1. The molecule has 2 heteroatoms. The van der Waals surface area contributed by atoms with Crippen LogP contribution in [0.5, 0.6) is 0 Å². The van der Waals surface area contributed by atoms with E-state index in [-0.39, 0.29) is 12.4 Å². The van der Waals surface area contributed by atoms with Crippen molar-refractivity contribution >= 4 is 12.4 Å². The Labute approximate surface area is 85.7 Å². The van der Waals surface area contributed by atoms with Crippen LogP contribution in [-0.2, 0) is 5.41 Å². The molecule has 0 aliphatic heterocycles. The number of hydrogen-bond donors (Lipinski definition) is 1. The number of nitrogens with two attached hydrogens (primary N) is 1. The van der Waals surface area contributed by atoms with Crippen LogP contribution in [0.15, 0.2) is 24.3 Å². The van der Waals surface area contributed by atoms with E-state index in [9.17, 15) is 0 Å². The lowest BCUT2D eigenvalue weighted by molar-refractivity contribution is 0.704. The molecule has 0 atom stereocenters. The van der Waals surface area contributed by atoms with Gasteiger partial charge < -0.3 is 5.73 Å². The Kier molecular flexibility index (Phi) is 2.99. The molecule has 13 heavy (non-hydrogen) atoms. The normalized spacial score (nSPS) is 17.7. The lowest BCUT2D eigenvalue weighted by atomic mass is 9.95. The first kappa shape index (κ1) is 10.6. The fraction of sp³-hybridized carbons (Fsp3) is 0.455. The predicted octanol–water partition coefficient (Wildman–Crippen LogP) is 2.41. The summed E-state index contributed by atoms with van der Waals surface area (Å²) in [4.78, 5) is 0. The highest BCUT2D eigenvalue weighted by atomic mass is 35.5.